The van der Waals surface area contributed by atoms with Gasteiger partial charge >= 0.3 is 6.03 Å². The van der Waals surface area contributed by atoms with Crippen LogP contribution in [0.2, 0.25) is 0 Å². The maximum Gasteiger partial charge on any atom is 0.327 e. The summed E-state index contributed by atoms with van der Waals surface area (Å²) in [5.41, 5.74) is -0.669. The Morgan fingerprint density at radius 3 is 2.50 bits per heavy atom. The fourth-order valence-corrected chi connectivity index (χ4v) is 2.57. The smallest absolute Gasteiger partial charge is 0.327 e. The summed E-state index contributed by atoms with van der Waals surface area (Å²) >= 11 is 0. The van der Waals surface area contributed by atoms with Gasteiger partial charge in [0.1, 0.15) is 5.54 Å². The molecule has 1 saturated carbocycles. The summed E-state index contributed by atoms with van der Waals surface area (Å²) in [6.07, 6.45) is 3.08. The van der Waals surface area contributed by atoms with Gasteiger partial charge in [0.2, 0.25) is 0 Å². The molecule has 0 aromatic heterocycles. The van der Waals surface area contributed by atoms with Crippen molar-refractivity contribution in [1.82, 2.24) is 9.80 Å². The van der Waals surface area contributed by atoms with E-state index in [2.05, 4.69) is 0 Å². The monoisotopic (exact) mass is 252 g/mol. The second kappa shape index (κ2) is 3.95. The summed E-state index contributed by atoms with van der Waals surface area (Å²) in [6, 6.07) is -0.119. The molecular weight excluding hydrogens is 232 g/mol. The summed E-state index contributed by atoms with van der Waals surface area (Å²) in [7, 11) is 0. The number of carbonyl (C=O) groups is 2. The van der Waals surface area contributed by atoms with Crippen molar-refractivity contribution in [2.24, 2.45) is 5.92 Å². The average Bonchev–Trinajstić information content (AvgIpc) is 3.24. The van der Waals surface area contributed by atoms with Crippen LogP contribution in [-0.4, -0.2) is 53.1 Å². The highest BCUT2D eigenvalue weighted by molar-refractivity contribution is 6.06. The van der Waals surface area contributed by atoms with Crippen LogP contribution in [-0.2, 0) is 9.53 Å². The lowest BCUT2D eigenvalue weighted by Gasteiger charge is -2.30. The topological polar surface area (TPSA) is 53.2 Å². The number of urea groups is 1. The third kappa shape index (κ3) is 1.81. The Kier molecular flexibility index (Phi) is 2.62. The summed E-state index contributed by atoms with van der Waals surface area (Å²) in [6.45, 7) is 5.71. The van der Waals surface area contributed by atoms with Crippen LogP contribution in [0.1, 0.15) is 33.1 Å². The maximum absolute atomic E-state index is 12.5. The first kappa shape index (κ1) is 12.0. The van der Waals surface area contributed by atoms with E-state index in [0.29, 0.717) is 32.0 Å². The molecule has 5 heteroatoms. The minimum atomic E-state index is -0.669. The van der Waals surface area contributed by atoms with E-state index in [4.69, 9.17) is 4.74 Å². The Balaban J connectivity index is 1.81. The maximum atomic E-state index is 12.5. The van der Waals surface area contributed by atoms with Gasteiger partial charge in [0.25, 0.3) is 5.91 Å². The molecule has 3 fully saturated rings. The van der Waals surface area contributed by atoms with Crippen LogP contribution in [0.5, 0.6) is 0 Å². The highest BCUT2D eigenvalue weighted by Gasteiger charge is 2.54. The quantitative estimate of drug-likeness (QED) is 0.546. The number of imide groups is 1. The average molecular weight is 252 g/mol. The first-order valence-electron chi connectivity index (χ1n) is 6.81. The van der Waals surface area contributed by atoms with Gasteiger partial charge in [-0.15, -0.1) is 0 Å². The molecule has 100 valence electrons. The molecule has 2 saturated heterocycles. The third-order valence-electron chi connectivity index (χ3n) is 4.38. The number of amides is 3. The number of hydrogen-bond donors (Lipinski definition) is 0. The van der Waals surface area contributed by atoms with Gasteiger partial charge in [-0.1, -0.05) is 6.92 Å². The van der Waals surface area contributed by atoms with E-state index < -0.39 is 5.54 Å². The predicted molar refractivity (Wildman–Crippen MR) is 65.0 cm³/mol. The molecule has 3 rings (SSSR count). The summed E-state index contributed by atoms with van der Waals surface area (Å²) in [5.74, 6) is 0.513. The predicted octanol–water partition coefficient (Wildman–Crippen LogP) is 1.23. The van der Waals surface area contributed by atoms with Gasteiger partial charge in [-0.3, -0.25) is 9.69 Å². The van der Waals surface area contributed by atoms with E-state index in [1.54, 1.807) is 4.90 Å². The zero-order valence-corrected chi connectivity index (χ0v) is 11.0. The second-order valence-corrected chi connectivity index (χ2v) is 5.84. The van der Waals surface area contributed by atoms with Crippen LogP contribution >= 0.6 is 0 Å². The SMILES string of the molecule is CCC1(C)C(=O)N(CC2CC2)C(=O)N1CC1CO1. The summed E-state index contributed by atoms with van der Waals surface area (Å²) in [5, 5.41) is 0. The molecule has 1 aliphatic carbocycles. The van der Waals surface area contributed by atoms with E-state index in [-0.39, 0.29) is 18.0 Å². The highest BCUT2D eigenvalue weighted by Crippen LogP contribution is 2.36. The van der Waals surface area contributed by atoms with Crippen LogP contribution in [0.25, 0.3) is 0 Å². The molecule has 0 radical (unpaired) electrons. The molecule has 5 nitrogen and oxygen atoms in total. The van der Waals surface area contributed by atoms with Gasteiger partial charge in [0.05, 0.1) is 19.3 Å². The Hall–Kier alpha value is -1.10. The van der Waals surface area contributed by atoms with Crippen LogP contribution in [0.4, 0.5) is 4.79 Å². The van der Waals surface area contributed by atoms with Crippen molar-refractivity contribution in [3.8, 4) is 0 Å². The minimum absolute atomic E-state index is 0.0254. The van der Waals surface area contributed by atoms with Crippen LogP contribution in [0, 0.1) is 5.92 Å². The van der Waals surface area contributed by atoms with Gasteiger partial charge < -0.3 is 9.64 Å². The normalized spacial score (nSPS) is 35.6. The molecule has 0 bridgehead atoms. The minimum Gasteiger partial charge on any atom is -0.371 e. The Morgan fingerprint density at radius 1 is 1.33 bits per heavy atom. The zero-order valence-electron chi connectivity index (χ0n) is 11.0. The van der Waals surface area contributed by atoms with E-state index in [9.17, 15) is 9.59 Å². The van der Waals surface area contributed by atoms with Crippen molar-refractivity contribution in [2.45, 2.75) is 44.8 Å². The molecule has 0 N–H and O–H groups in total. The van der Waals surface area contributed by atoms with Gasteiger partial charge in [0, 0.05) is 6.54 Å². The van der Waals surface area contributed by atoms with Crippen molar-refractivity contribution < 1.29 is 14.3 Å². The van der Waals surface area contributed by atoms with Crippen molar-refractivity contribution in [1.29, 1.82) is 0 Å². The van der Waals surface area contributed by atoms with Gasteiger partial charge in [-0.25, -0.2) is 4.79 Å². The largest absolute Gasteiger partial charge is 0.371 e. The molecule has 0 aromatic carbocycles. The van der Waals surface area contributed by atoms with E-state index in [1.807, 2.05) is 13.8 Å². The first-order valence-corrected chi connectivity index (χ1v) is 6.81. The molecule has 0 spiro atoms. The number of hydrogen-bond acceptors (Lipinski definition) is 3. The van der Waals surface area contributed by atoms with Crippen molar-refractivity contribution >= 4 is 11.9 Å². The number of epoxide rings is 1. The highest BCUT2D eigenvalue weighted by atomic mass is 16.6. The van der Waals surface area contributed by atoms with E-state index >= 15 is 0 Å². The lowest BCUT2D eigenvalue weighted by Crippen LogP contribution is -2.48. The molecule has 2 unspecified atom stereocenters. The standard InChI is InChI=1S/C13H20N2O3/c1-3-13(2)11(16)14(6-9-4-5-9)12(17)15(13)7-10-8-18-10/h9-10H,3-8H2,1-2H3. The molecule has 3 aliphatic rings. The molecule has 3 amide bonds. The summed E-state index contributed by atoms with van der Waals surface area (Å²) < 4.78 is 5.20. The third-order valence-corrected chi connectivity index (χ3v) is 4.38. The second-order valence-electron chi connectivity index (χ2n) is 5.84. The summed E-state index contributed by atoms with van der Waals surface area (Å²) in [4.78, 5) is 28.0. The van der Waals surface area contributed by atoms with Gasteiger partial charge in [0.15, 0.2) is 0 Å². The van der Waals surface area contributed by atoms with Crippen molar-refractivity contribution in [2.75, 3.05) is 19.7 Å². The van der Waals surface area contributed by atoms with E-state index in [1.165, 1.54) is 4.90 Å². The Labute approximate surface area is 107 Å². The van der Waals surface area contributed by atoms with Crippen LogP contribution in [0.3, 0.4) is 0 Å². The van der Waals surface area contributed by atoms with Crippen LogP contribution in [0.15, 0.2) is 0 Å². The molecule has 18 heavy (non-hydrogen) atoms. The first-order chi connectivity index (χ1) is 8.56. The lowest BCUT2D eigenvalue weighted by molar-refractivity contribution is -0.132. The molecule has 2 aliphatic heterocycles. The number of rotatable bonds is 5. The van der Waals surface area contributed by atoms with Crippen molar-refractivity contribution in [3.63, 3.8) is 0 Å². The lowest BCUT2D eigenvalue weighted by atomic mass is 9.97. The number of ether oxygens (including phenoxy) is 1. The molecule has 2 heterocycles. The molecule has 0 aromatic rings. The fourth-order valence-electron chi connectivity index (χ4n) is 2.57. The fraction of sp³-hybridized carbons (Fsp3) is 0.846. The number of nitrogens with zero attached hydrogens (tertiary/aromatic N) is 2. The van der Waals surface area contributed by atoms with Crippen LogP contribution < -0.4 is 0 Å². The Morgan fingerprint density at radius 2 is 2.00 bits per heavy atom. The molecular formula is C13H20N2O3. The van der Waals surface area contributed by atoms with Crippen molar-refractivity contribution in [3.05, 3.63) is 0 Å². The number of carbonyl (C=O) groups excluding carboxylic acids is 2. The zero-order chi connectivity index (χ0) is 12.9. The van der Waals surface area contributed by atoms with Gasteiger partial charge in [-0.05, 0) is 32.1 Å². The molecule has 2 atom stereocenters. The van der Waals surface area contributed by atoms with E-state index in [0.717, 1.165) is 12.8 Å². The van der Waals surface area contributed by atoms with Gasteiger partial charge in [-0.2, -0.15) is 0 Å². The Bertz CT molecular complexity index is 390.